The Labute approximate surface area is 116 Å². The average molecular weight is 272 g/mol. The topological polar surface area (TPSA) is 69.3 Å². The lowest BCUT2D eigenvalue weighted by molar-refractivity contribution is 0.0659. The average Bonchev–Trinajstić information content (AvgIpc) is 2.48. The minimum absolute atomic E-state index is 0.120. The number of likely N-dealkylation sites (N-methyl/N-ethyl adjacent to an activating group) is 1. The molecule has 1 saturated heterocycles. The number of carbonyl (C=O) groups excluding carboxylic acids is 1. The van der Waals surface area contributed by atoms with Crippen LogP contribution in [0, 0.1) is 0 Å². The molecule has 0 aliphatic carbocycles. The number of benzene rings is 1. The van der Waals surface area contributed by atoms with Crippen molar-refractivity contribution in [2.45, 2.75) is 0 Å². The summed E-state index contributed by atoms with van der Waals surface area (Å²) in [6, 6.07) is 7.06. The smallest absolute Gasteiger partial charge is 0.275 e. The van der Waals surface area contributed by atoms with Gasteiger partial charge in [0.05, 0.1) is 5.39 Å². The monoisotopic (exact) mass is 272 g/mol. The molecule has 1 N–H and O–H groups in total. The molecule has 20 heavy (non-hydrogen) atoms. The molecule has 1 amide bonds. The summed E-state index contributed by atoms with van der Waals surface area (Å²) in [4.78, 5) is 28.2. The number of hydrogen-bond donors (Lipinski definition) is 1. The summed E-state index contributed by atoms with van der Waals surface area (Å²) in [5.41, 5.74) is 0.0558. The van der Waals surface area contributed by atoms with Crippen molar-refractivity contribution < 1.29 is 4.79 Å². The Morgan fingerprint density at radius 2 is 1.80 bits per heavy atom. The molecule has 1 aliphatic rings. The van der Waals surface area contributed by atoms with Gasteiger partial charge in [-0.2, -0.15) is 5.10 Å². The SMILES string of the molecule is CN1CCN(C(=O)c2n[nH]c(=O)c3ccccc23)CC1. The third-order valence-electron chi connectivity index (χ3n) is 3.69. The largest absolute Gasteiger partial charge is 0.335 e. The number of carbonyl (C=O) groups is 1. The van der Waals surface area contributed by atoms with E-state index in [9.17, 15) is 9.59 Å². The van der Waals surface area contributed by atoms with Crippen LogP contribution >= 0.6 is 0 Å². The number of aromatic nitrogens is 2. The number of hydrogen-bond acceptors (Lipinski definition) is 4. The molecule has 6 nitrogen and oxygen atoms in total. The molecule has 2 aromatic rings. The fraction of sp³-hybridized carbons (Fsp3) is 0.357. The normalized spacial score (nSPS) is 16.6. The van der Waals surface area contributed by atoms with Gasteiger partial charge in [-0.1, -0.05) is 18.2 Å². The first-order chi connectivity index (χ1) is 9.66. The van der Waals surface area contributed by atoms with E-state index in [0.29, 0.717) is 29.6 Å². The minimum Gasteiger partial charge on any atom is -0.335 e. The van der Waals surface area contributed by atoms with E-state index in [4.69, 9.17) is 0 Å². The molecule has 0 spiro atoms. The molecule has 1 aliphatic heterocycles. The van der Waals surface area contributed by atoms with Crippen molar-refractivity contribution in [2.75, 3.05) is 33.2 Å². The molecular formula is C14H16N4O2. The summed E-state index contributed by atoms with van der Waals surface area (Å²) < 4.78 is 0. The van der Waals surface area contributed by atoms with E-state index in [1.807, 2.05) is 13.1 Å². The molecule has 0 saturated carbocycles. The Balaban J connectivity index is 2.00. The Morgan fingerprint density at radius 3 is 2.50 bits per heavy atom. The van der Waals surface area contributed by atoms with Crippen LogP contribution in [0.4, 0.5) is 0 Å². The fourth-order valence-corrected chi connectivity index (χ4v) is 2.44. The Bertz CT molecular complexity index is 702. The third kappa shape index (κ3) is 2.18. The first kappa shape index (κ1) is 12.8. The van der Waals surface area contributed by atoms with E-state index in [1.165, 1.54) is 0 Å². The van der Waals surface area contributed by atoms with Crippen LogP contribution in [0.15, 0.2) is 29.1 Å². The maximum absolute atomic E-state index is 12.6. The van der Waals surface area contributed by atoms with Crippen molar-refractivity contribution in [2.24, 2.45) is 0 Å². The number of rotatable bonds is 1. The van der Waals surface area contributed by atoms with Crippen LogP contribution in [0.1, 0.15) is 10.5 Å². The van der Waals surface area contributed by atoms with Crippen LogP contribution in [0.25, 0.3) is 10.8 Å². The van der Waals surface area contributed by atoms with Crippen LogP contribution in [-0.2, 0) is 0 Å². The highest BCUT2D eigenvalue weighted by Crippen LogP contribution is 2.15. The second-order valence-electron chi connectivity index (χ2n) is 5.04. The van der Waals surface area contributed by atoms with E-state index < -0.39 is 0 Å². The number of amides is 1. The van der Waals surface area contributed by atoms with E-state index in [1.54, 1.807) is 23.1 Å². The second kappa shape index (κ2) is 5.05. The third-order valence-corrected chi connectivity index (χ3v) is 3.69. The fourth-order valence-electron chi connectivity index (χ4n) is 2.44. The van der Waals surface area contributed by atoms with Gasteiger partial charge in [0.2, 0.25) is 0 Å². The maximum atomic E-state index is 12.6. The molecule has 1 aromatic heterocycles. The van der Waals surface area contributed by atoms with Crippen molar-refractivity contribution in [3.05, 3.63) is 40.3 Å². The summed E-state index contributed by atoms with van der Waals surface area (Å²) in [7, 11) is 2.04. The van der Waals surface area contributed by atoms with E-state index in [0.717, 1.165) is 13.1 Å². The molecule has 0 bridgehead atoms. The molecule has 1 fully saturated rings. The highest BCUT2D eigenvalue weighted by atomic mass is 16.2. The number of H-pyrrole nitrogens is 1. The van der Waals surface area contributed by atoms with Crippen molar-refractivity contribution >= 4 is 16.7 Å². The number of piperazine rings is 1. The number of fused-ring (bicyclic) bond motifs is 1. The zero-order valence-corrected chi connectivity index (χ0v) is 11.3. The quantitative estimate of drug-likeness (QED) is 0.811. The first-order valence-electron chi connectivity index (χ1n) is 6.62. The van der Waals surface area contributed by atoms with Crippen LogP contribution in [-0.4, -0.2) is 59.1 Å². The maximum Gasteiger partial charge on any atom is 0.275 e. The van der Waals surface area contributed by atoms with E-state index in [-0.39, 0.29) is 11.5 Å². The van der Waals surface area contributed by atoms with E-state index in [2.05, 4.69) is 15.1 Å². The first-order valence-corrected chi connectivity index (χ1v) is 6.62. The zero-order valence-electron chi connectivity index (χ0n) is 11.3. The van der Waals surface area contributed by atoms with Crippen LogP contribution < -0.4 is 5.56 Å². The molecule has 104 valence electrons. The van der Waals surface area contributed by atoms with Gasteiger partial charge in [0.15, 0.2) is 5.69 Å². The van der Waals surface area contributed by atoms with E-state index >= 15 is 0 Å². The number of nitrogens with zero attached hydrogens (tertiary/aromatic N) is 3. The molecule has 0 radical (unpaired) electrons. The van der Waals surface area contributed by atoms with Crippen LogP contribution in [0.2, 0.25) is 0 Å². The van der Waals surface area contributed by atoms with Gasteiger partial charge < -0.3 is 9.80 Å². The summed E-state index contributed by atoms with van der Waals surface area (Å²) >= 11 is 0. The Kier molecular flexibility index (Phi) is 3.23. The van der Waals surface area contributed by atoms with Gasteiger partial charge in [-0.05, 0) is 13.1 Å². The van der Waals surface area contributed by atoms with Crippen molar-refractivity contribution in [3.63, 3.8) is 0 Å². The summed E-state index contributed by atoms with van der Waals surface area (Å²) in [6.45, 7) is 3.08. The molecule has 6 heteroatoms. The molecule has 1 aromatic carbocycles. The molecular weight excluding hydrogens is 256 g/mol. The summed E-state index contributed by atoms with van der Waals surface area (Å²) in [5.74, 6) is -0.120. The highest BCUT2D eigenvalue weighted by molar-refractivity contribution is 6.04. The zero-order chi connectivity index (χ0) is 14.1. The highest BCUT2D eigenvalue weighted by Gasteiger charge is 2.23. The van der Waals surface area contributed by atoms with Gasteiger partial charge in [-0.3, -0.25) is 9.59 Å². The van der Waals surface area contributed by atoms with Gasteiger partial charge in [0.1, 0.15) is 0 Å². The molecule has 2 heterocycles. The van der Waals surface area contributed by atoms with Crippen LogP contribution in [0.5, 0.6) is 0 Å². The number of aromatic amines is 1. The molecule has 3 rings (SSSR count). The van der Waals surface area contributed by atoms with Crippen molar-refractivity contribution in [1.82, 2.24) is 20.0 Å². The number of nitrogens with one attached hydrogen (secondary N) is 1. The second-order valence-corrected chi connectivity index (χ2v) is 5.04. The van der Waals surface area contributed by atoms with Gasteiger partial charge in [-0.25, -0.2) is 5.10 Å². The lowest BCUT2D eigenvalue weighted by atomic mass is 10.1. The minimum atomic E-state index is -0.268. The summed E-state index contributed by atoms with van der Waals surface area (Å²) in [6.07, 6.45) is 0. The van der Waals surface area contributed by atoms with Gasteiger partial charge in [0, 0.05) is 31.6 Å². The Morgan fingerprint density at radius 1 is 1.15 bits per heavy atom. The lowest BCUT2D eigenvalue weighted by Crippen LogP contribution is -2.47. The standard InChI is InChI=1S/C14H16N4O2/c1-17-6-8-18(9-7-17)14(20)12-10-4-2-3-5-11(10)13(19)16-15-12/h2-5H,6-9H2,1H3,(H,16,19). The lowest BCUT2D eigenvalue weighted by Gasteiger charge is -2.32. The van der Waals surface area contributed by atoms with Gasteiger partial charge in [-0.15, -0.1) is 0 Å². The van der Waals surface area contributed by atoms with Gasteiger partial charge in [0.25, 0.3) is 11.5 Å². The molecule has 0 unspecified atom stereocenters. The van der Waals surface area contributed by atoms with Crippen molar-refractivity contribution in [1.29, 1.82) is 0 Å². The predicted molar refractivity (Wildman–Crippen MR) is 75.8 cm³/mol. The summed E-state index contributed by atoms with van der Waals surface area (Å²) in [5, 5.41) is 7.48. The molecule has 0 atom stereocenters. The van der Waals surface area contributed by atoms with Crippen LogP contribution in [0.3, 0.4) is 0 Å². The van der Waals surface area contributed by atoms with Gasteiger partial charge >= 0.3 is 0 Å². The van der Waals surface area contributed by atoms with Crippen molar-refractivity contribution in [3.8, 4) is 0 Å². The Hall–Kier alpha value is -2.21. The predicted octanol–water partition coefficient (Wildman–Crippen LogP) is 0.311.